The third kappa shape index (κ3) is 0.756. The van der Waals surface area contributed by atoms with Crippen molar-refractivity contribution < 1.29 is 9.13 Å². The standard InChI is InChI=1S/C6H10FNO/c7-5-1-6(8-2-5)3-9-4-6/h5,8H,1-4H2. The van der Waals surface area contributed by atoms with E-state index in [4.69, 9.17) is 4.74 Å². The molecule has 0 amide bonds. The lowest BCUT2D eigenvalue weighted by Crippen LogP contribution is -2.56. The number of hydrogen-bond donors (Lipinski definition) is 1. The van der Waals surface area contributed by atoms with Gasteiger partial charge in [0.05, 0.1) is 18.8 Å². The van der Waals surface area contributed by atoms with Crippen LogP contribution in [0.5, 0.6) is 0 Å². The SMILES string of the molecule is FC1CNC2(COC2)C1. The third-order valence-electron chi connectivity index (χ3n) is 2.07. The lowest BCUT2D eigenvalue weighted by molar-refractivity contribution is -0.0664. The largest absolute Gasteiger partial charge is 0.377 e. The van der Waals surface area contributed by atoms with Crippen molar-refractivity contribution in [3.8, 4) is 0 Å². The summed E-state index contributed by atoms with van der Waals surface area (Å²) in [6.45, 7) is 1.92. The van der Waals surface area contributed by atoms with Crippen molar-refractivity contribution in [2.45, 2.75) is 18.1 Å². The fourth-order valence-corrected chi connectivity index (χ4v) is 1.46. The molecule has 1 atom stereocenters. The molecule has 2 nitrogen and oxygen atoms in total. The Hall–Kier alpha value is -0.150. The normalized spacial score (nSPS) is 39.0. The van der Waals surface area contributed by atoms with E-state index in [0.29, 0.717) is 26.2 Å². The molecule has 0 bridgehead atoms. The number of nitrogens with one attached hydrogen (secondary N) is 1. The van der Waals surface area contributed by atoms with Crippen molar-refractivity contribution in [1.29, 1.82) is 0 Å². The van der Waals surface area contributed by atoms with Crippen LogP contribution in [0.2, 0.25) is 0 Å². The number of hydrogen-bond acceptors (Lipinski definition) is 2. The monoisotopic (exact) mass is 131 g/mol. The van der Waals surface area contributed by atoms with E-state index in [1.807, 2.05) is 0 Å². The Labute approximate surface area is 53.4 Å². The van der Waals surface area contributed by atoms with Gasteiger partial charge in [-0.15, -0.1) is 0 Å². The summed E-state index contributed by atoms with van der Waals surface area (Å²) in [6, 6.07) is 0. The second-order valence-corrected chi connectivity index (χ2v) is 2.96. The molecule has 2 heterocycles. The first-order chi connectivity index (χ1) is 4.31. The van der Waals surface area contributed by atoms with E-state index in [9.17, 15) is 4.39 Å². The number of ether oxygens (including phenoxy) is 1. The van der Waals surface area contributed by atoms with Gasteiger partial charge in [0.2, 0.25) is 0 Å². The van der Waals surface area contributed by atoms with Gasteiger partial charge >= 0.3 is 0 Å². The zero-order chi connectivity index (χ0) is 6.32. The average molecular weight is 131 g/mol. The Morgan fingerprint density at radius 2 is 2.33 bits per heavy atom. The van der Waals surface area contributed by atoms with Crippen LogP contribution in [0.3, 0.4) is 0 Å². The first kappa shape index (κ1) is 5.62. The minimum Gasteiger partial charge on any atom is -0.377 e. The van der Waals surface area contributed by atoms with E-state index in [1.54, 1.807) is 0 Å². The zero-order valence-corrected chi connectivity index (χ0v) is 5.19. The summed E-state index contributed by atoms with van der Waals surface area (Å²) in [5, 5.41) is 3.12. The molecule has 52 valence electrons. The highest BCUT2D eigenvalue weighted by Gasteiger charge is 2.44. The Bertz CT molecular complexity index is 124. The van der Waals surface area contributed by atoms with Gasteiger partial charge in [0.15, 0.2) is 0 Å². The van der Waals surface area contributed by atoms with Gasteiger partial charge in [-0.05, 0) is 0 Å². The molecule has 0 radical (unpaired) electrons. The number of halogens is 1. The van der Waals surface area contributed by atoms with Crippen molar-refractivity contribution in [2.24, 2.45) is 0 Å². The molecule has 2 aliphatic rings. The van der Waals surface area contributed by atoms with Gasteiger partial charge in [-0.3, -0.25) is 0 Å². The van der Waals surface area contributed by atoms with Crippen molar-refractivity contribution in [3.63, 3.8) is 0 Å². The zero-order valence-electron chi connectivity index (χ0n) is 5.19. The van der Waals surface area contributed by atoms with Crippen LogP contribution < -0.4 is 5.32 Å². The van der Waals surface area contributed by atoms with E-state index in [1.165, 1.54) is 0 Å². The van der Waals surface area contributed by atoms with Crippen molar-refractivity contribution in [3.05, 3.63) is 0 Å². The van der Waals surface area contributed by atoms with Crippen LogP contribution >= 0.6 is 0 Å². The van der Waals surface area contributed by atoms with Crippen molar-refractivity contribution >= 4 is 0 Å². The van der Waals surface area contributed by atoms with Crippen LogP contribution in [-0.2, 0) is 4.74 Å². The Morgan fingerprint density at radius 1 is 1.56 bits per heavy atom. The molecule has 1 N–H and O–H groups in total. The van der Waals surface area contributed by atoms with Gasteiger partial charge in [-0.1, -0.05) is 0 Å². The predicted molar refractivity (Wildman–Crippen MR) is 31.1 cm³/mol. The highest BCUT2D eigenvalue weighted by atomic mass is 19.1. The van der Waals surface area contributed by atoms with Crippen LogP contribution in [0.25, 0.3) is 0 Å². The summed E-state index contributed by atoms with van der Waals surface area (Å²) >= 11 is 0. The predicted octanol–water partition coefficient (Wildman–Crippen LogP) is 0.0868. The molecule has 1 spiro atoms. The summed E-state index contributed by atoms with van der Waals surface area (Å²) in [4.78, 5) is 0. The molecule has 0 aromatic carbocycles. The molecule has 2 fully saturated rings. The second-order valence-electron chi connectivity index (χ2n) is 2.96. The maximum absolute atomic E-state index is 12.5. The van der Waals surface area contributed by atoms with Crippen molar-refractivity contribution in [2.75, 3.05) is 19.8 Å². The Morgan fingerprint density at radius 3 is 2.56 bits per heavy atom. The first-order valence-corrected chi connectivity index (χ1v) is 3.28. The van der Waals surface area contributed by atoms with Gasteiger partial charge < -0.3 is 10.1 Å². The van der Waals surface area contributed by atoms with E-state index in [2.05, 4.69) is 5.32 Å². The molecule has 0 saturated carbocycles. The highest BCUT2D eigenvalue weighted by molar-refractivity contribution is 5.01. The summed E-state index contributed by atoms with van der Waals surface area (Å²) in [5.41, 5.74) is 0.0411. The Balaban J connectivity index is 1.99. The molecule has 0 aromatic rings. The third-order valence-corrected chi connectivity index (χ3v) is 2.07. The molecule has 1 unspecified atom stereocenters. The summed E-state index contributed by atoms with van der Waals surface area (Å²) < 4.78 is 17.5. The van der Waals surface area contributed by atoms with E-state index in [-0.39, 0.29) is 5.54 Å². The Kier molecular flexibility index (Phi) is 1.04. The summed E-state index contributed by atoms with van der Waals surface area (Å²) in [6.07, 6.45) is 0.00130. The molecule has 3 heteroatoms. The number of alkyl halides is 1. The molecule has 2 rings (SSSR count). The minimum atomic E-state index is -0.645. The topological polar surface area (TPSA) is 21.3 Å². The second kappa shape index (κ2) is 1.67. The molecular weight excluding hydrogens is 121 g/mol. The maximum Gasteiger partial charge on any atom is 0.114 e. The first-order valence-electron chi connectivity index (χ1n) is 3.28. The van der Waals surface area contributed by atoms with Crippen LogP contribution in [0, 0.1) is 0 Å². The van der Waals surface area contributed by atoms with E-state index < -0.39 is 6.17 Å². The van der Waals surface area contributed by atoms with Gasteiger partial charge in [-0.25, -0.2) is 4.39 Å². The average Bonchev–Trinajstić information content (AvgIpc) is 2.09. The molecule has 2 saturated heterocycles. The molecular formula is C6H10FNO. The maximum atomic E-state index is 12.5. The lowest BCUT2D eigenvalue weighted by atomic mass is 9.95. The lowest BCUT2D eigenvalue weighted by Gasteiger charge is -2.37. The number of rotatable bonds is 0. The summed E-state index contributed by atoms with van der Waals surface area (Å²) in [5.74, 6) is 0. The van der Waals surface area contributed by atoms with Crippen LogP contribution in [-0.4, -0.2) is 31.5 Å². The van der Waals surface area contributed by atoms with E-state index >= 15 is 0 Å². The minimum absolute atomic E-state index is 0.0411. The fraction of sp³-hybridized carbons (Fsp3) is 1.00. The highest BCUT2D eigenvalue weighted by Crippen LogP contribution is 2.28. The molecule has 0 aliphatic carbocycles. The molecule has 9 heavy (non-hydrogen) atoms. The summed E-state index contributed by atoms with van der Waals surface area (Å²) in [7, 11) is 0. The van der Waals surface area contributed by atoms with Gasteiger partial charge in [0.25, 0.3) is 0 Å². The van der Waals surface area contributed by atoms with Gasteiger partial charge in [-0.2, -0.15) is 0 Å². The fourth-order valence-electron chi connectivity index (χ4n) is 1.46. The van der Waals surface area contributed by atoms with Crippen molar-refractivity contribution in [1.82, 2.24) is 5.32 Å². The van der Waals surface area contributed by atoms with Crippen LogP contribution in [0.15, 0.2) is 0 Å². The van der Waals surface area contributed by atoms with E-state index in [0.717, 1.165) is 0 Å². The smallest absolute Gasteiger partial charge is 0.114 e. The van der Waals surface area contributed by atoms with Gasteiger partial charge in [0, 0.05) is 13.0 Å². The quantitative estimate of drug-likeness (QED) is 0.503. The van der Waals surface area contributed by atoms with Gasteiger partial charge in [0.1, 0.15) is 6.17 Å². The molecule has 0 aromatic heterocycles. The van der Waals surface area contributed by atoms with Crippen LogP contribution in [0.1, 0.15) is 6.42 Å². The molecule has 2 aliphatic heterocycles. The van der Waals surface area contributed by atoms with Crippen LogP contribution in [0.4, 0.5) is 4.39 Å².